The summed E-state index contributed by atoms with van der Waals surface area (Å²) in [6, 6.07) is 3.45. The molecule has 10 heteroatoms. The normalized spacial score (nSPS) is 14.4. The highest BCUT2D eigenvalue weighted by Crippen LogP contribution is 2.34. The number of carbonyl (C=O) groups is 4. The van der Waals surface area contributed by atoms with Gasteiger partial charge in [0, 0.05) is 49.7 Å². The number of hydrogen-bond donors (Lipinski definition) is 4. The van der Waals surface area contributed by atoms with Crippen LogP contribution in [0.2, 0.25) is 0 Å². The number of aromatic nitrogens is 1. The predicted molar refractivity (Wildman–Crippen MR) is 126 cm³/mol. The van der Waals surface area contributed by atoms with Gasteiger partial charge in [0.05, 0.1) is 11.1 Å². The molecule has 3 rings (SSSR count). The number of nitrogens with one attached hydrogen (secondary N) is 4. The highest BCUT2D eigenvalue weighted by Gasteiger charge is 2.25. The number of fused-ring (bicyclic) bond motifs is 1. The summed E-state index contributed by atoms with van der Waals surface area (Å²) in [6.45, 7) is 5.50. The summed E-state index contributed by atoms with van der Waals surface area (Å²) in [5.41, 5.74) is 2.85. The Bertz CT molecular complexity index is 1170. The molecule has 1 atom stereocenters. The molecule has 1 aromatic carbocycles. The molecule has 34 heavy (non-hydrogen) atoms. The maximum absolute atomic E-state index is 13.7. The number of aromatic amines is 1. The van der Waals surface area contributed by atoms with Gasteiger partial charge in [-0.25, -0.2) is 4.39 Å². The van der Waals surface area contributed by atoms with Gasteiger partial charge in [-0.05, 0) is 43.7 Å². The van der Waals surface area contributed by atoms with Crippen LogP contribution in [0.25, 0.3) is 11.6 Å². The Labute approximate surface area is 196 Å². The van der Waals surface area contributed by atoms with Gasteiger partial charge in [0.25, 0.3) is 11.8 Å². The zero-order chi connectivity index (χ0) is 25.0. The molecule has 0 unspecified atom stereocenters. The van der Waals surface area contributed by atoms with Crippen molar-refractivity contribution in [2.45, 2.75) is 33.2 Å². The first-order valence-electron chi connectivity index (χ1n) is 11.0. The lowest BCUT2D eigenvalue weighted by atomic mass is 10.0. The van der Waals surface area contributed by atoms with Crippen LogP contribution in [0.5, 0.6) is 0 Å². The van der Waals surface area contributed by atoms with Crippen LogP contribution in [0.15, 0.2) is 24.4 Å². The Morgan fingerprint density at radius 3 is 2.62 bits per heavy atom. The average Bonchev–Trinajstić information content (AvgIpc) is 3.34. The third-order valence-corrected chi connectivity index (χ3v) is 5.84. The van der Waals surface area contributed by atoms with E-state index in [0.29, 0.717) is 40.1 Å². The number of H-pyrrole nitrogens is 1. The second-order valence-electron chi connectivity index (χ2n) is 8.02. The highest BCUT2D eigenvalue weighted by atomic mass is 19.1. The molecule has 4 N–H and O–H groups in total. The quantitative estimate of drug-likeness (QED) is 0.349. The number of carbonyl (C=O) groups excluding carboxylic acids is 4. The third kappa shape index (κ3) is 5.16. The van der Waals surface area contributed by atoms with Gasteiger partial charge >= 0.3 is 0 Å². The Hall–Kier alpha value is -3.95. The van der Waals surface area contributed by atoms with Gasteiger partial charge in [-0.15, -0.1) is 0 Å². The summed E-state index contributed by atoms with van der Waals surface area (Å²) in [5.74, 6) is -1.59. The Morgan fingerprint density at radius 2 is 1.91 bits per heavy atom. The van der Waals surface area contributed by atoms with Crippen LogP contribution >= 0.6 is 0 Å². The lowest BCUT2D eigenvalue weighted by Crippen LogP contribution is -2.47. The minimum absolute atomic E-state index is 0.131. The van der Waals surface area contributed by atoms with Gasteiger partial charge in [0.15, 0.2) is 0 Å². The summed E-state index contributed by atoms with van der Waals surface area (Å²) in [6.07, 6.45) is 3.43. The molecule has 180 valence electrons. The second kappa shape index (κ2) is 10.3. The van der Waals surface area contributed by atoms with Crippen LogP contribution in [0, 0.1) is 12.7 Å². The van der Waals surface area contributed by atoms with E-state index in [0.717, 1.165) is 0 Å². The number of amides is 4. The molecule has 0 saturated heterocycles. The first-order valence-corrected chi connectivity index (χ1v) is 11.0. The zero-order valence-electron chi connectivity index (χ0n) is 19.5. The molecule has 0 spiro atoms. The number of benzene rings is 1. The van der Waals surface area contributed by atoms with Crippen molar-refractivity contribution in [3.05, 3.63) is 52.6 Å². The molecule has 0 aliphatic carbocycles. The van der Waals surface area contributed by atoms with E-state index in [4.69, 9.17) is 0 Å². The molecule has 1 aromatic heterocycles. The SMILES string of the molecule is CCC(=O)N(C)[C@@H](C)C(=O)NCCNC(=O)c1c[nH]c(C=C2C(=O)Nc3ccc(F)cc32)c1C. The van der Waals surface area contributed by atoms with Crippen molar-refractivity contribution in [2.75, 3.05) is 25.5 Å². The van der Waals surface area contributed by atoms with E-state index in [1.54, 1.807) is 33.9 Å². The van der Waals surface area contributed by atoms with E-state index in [-0.39, 0.29) is 36.7 Å². The number of likely N-dealkylation sites (N-methyl/N-ethyl adjacent to an activating group) is 1. The smallest absolute Gasteiger partial charge is 0.256 e. The maximum atomic E-state index is 13.7. The molecule has 4 amide bonds. The Morgan fingerprint density at radius 1 is 1.21 bits per heavy atom. The number of rotatable bonds is 8. The fourth-order valence-electron chi connectivity index (χ4n) is 3.59. The van der Waals surface area contributed by atoms with Crippen molar-refractivity contribution < 1.29 is 23.6 Å². The molecular weight excluding hydrogens is 441 g/mol. The van der Waals surface area contributed by atoms with Crippen molar-refractivity contribution >= 4 is 41.0 Å². The minimum atomic E-state index is -0.614. The van der Waals surface area contributed by atoms with E-state index in [1.807, 2.05) is 0 Å². The van der Waals surface area contributed by atoms with Crippen LogP contribution in [0.4, 0.5) is 10.1 Å². The van der Waals surface area contributed by atoms with Crippen molar-refractivity contribution in [3.8, 4) is 0 Å². The summed E-state index contributed by atoms with van der Waals surface area (Å²) in [5, 5.41) is 8.12. The summed E-state index contributed by atoms with van der Waals surface area (Å²) in [4.78, 5) is 53.2. The van der Waals surface area contributed by atoms with E-state index in [2.05, 4.69) is 20.9 Å². The van der Waals surface area contributed by atoms with Crippen LogP contribution < -0.4 is 16.0 Å². The topological polar surface area (TPSA) is 123 Å². The van der Waals surface area contributed by atoms with E-state index in [9.17, 15) is 23.6 Å². The van der Waals surface area contributed by atoms with Crippen molar-refractivity contribution in [1.82, 2.24) is 20.5 Å². The Kier molecular flexibility index (Phi) is 7.50. The first-order chi connectivity index (χ1) is 16.1. The first kappa shape index (κ1) is 24.7. The second-order valence-corrected chi connectivity index (χ2v) is 8.02. The number of nitrogens with zero attached hydrogens (tertiary/aromatic N) is 1. The van der Waals surface area contributed by atoms with Gasteiger partial charge in [-0.1, -0.05) is 6.92 Å². The minimum Gasteiger partial charge on any atom is -0.361 e. The van der Waals surface area contributed by atoms with Gasteiger partial charge in [-0.2, -0.15) is 0 Å². The molecule has 2 heterocycles. The fourth-order valence-corrected chi connectivity index (χ4v) is 3.59. The Balaban J connectivity index is 1.59. The molecule has 2 aromatic rings. The largest absolute Gasteiger partial charge is 0.361 e. The monoisotopic (exact) mass is 469 g/mol. The molecule has 1 aliphatic heterocycles. The third-order valence-electron chi connectivity index (χ3n) is 5.84. The van der Waals surface area contributed by atoms with E-state index in [1.165, 1.54) is 29.3 Å². The zero-order valence-corrected chi connectivity index (χ0v) is 19.5. The van der Waals surface area contributed by atoms with Crippen LogP contribution in [0.1, 0.15) is 47.4 Å². The van der Waals surface area contributed by atoms with Gasteiger partial charge in [0.1, 0.15) is 11.9 Å². The number of hydrogen-bond acceptors (Lipinski definition) is 4. The summed E-state index contributed by atoms with van der Waals surface area (Å²) in [7, 11) is 1.57. The fraction of sp³-hybridized carbons (Fsp3) is 0.333. The molecular formula is C24H28FN5O4. The predicted octanol–water partition coefficient (Wildman–Crippen LogP) is 2.06. The van der Waals surface area contributed by atoms with Gasteiger partial charge < -0.3 is 25.8 Å². The van der Waals surface area contributed by atoms with E-state index < -0.39 is 11.9 Å². The lowest BCUT2D eigenvalue weighted by molar-refractivity contribution is -0.138. The molecule has 0 fully saturated rings. The molecule has 0 saturated carbocycles. The average molecular weight is 470 g/mol. The van der Waals surface area contributed by atoms with Crippen LogP contribution in [-0.4, -0.2) is 59.7 Å². The molecule has 9 nitrogen and oxygen atoms in total. The van der Waals surface area contributed by atoms with Crippen LogP contribution in [0.3, 0.4) is 0 Å². The van der Waals surface area contributed by atoms with Crippen molar-refractivity contribution in [3.63, 3.8) is 0 Å². The molecule has 0 radical (unpaired) electrons. The van der Waals surface area contributed by atoms with Crippen molar-refractivity contribution in [2.24, 2.45) is 0 Å². The van der Waals surface area contributed by atoms with Gasteiger partial charge in [-0.3, -0.25) is 19.2 Å². The maximum Gasteiger partial charge on any atom is 0.256 e. The molecule has 1 aliphatic rings. The standard InChI is InChI=1S/C24H28FN5O4/c1-5-21(31)30(4)14(3)22(32)26-8-9-27-23(33)18-12-28-20(13(18)2)11-17-16-10-15(25)6-7-19(16)29-24(17)34/h6-7,10-12,14,28H,5,8-9H2,1-4H3,(H,26,32)(H,27,33)(H,29,34)/t14-/m0/s1. The molecule has 0 bridgehead atoms. The summed E-state index contributed by atoms with van der Waals surface area (Å²) < 4.78 is 13.7. The highest BCUT2D eigenvalue weighted by molar-refractivity contribution is 6.34. The van der Waals surface area contributed by atoms with Crippen molar-refractivity contribution in [1.29, 1.82) is 0 Å². The summed E-state index contributed by atoms with van der Waals surface area (Å²) >= 11 is 0. The van der Waals surface area contributed by atoms with E-state index >= 15 is 0 Å². The van der Waals surface area contributed by atoms with Gasteiger partial charge in [0.2, 0.25) is 11.8 Å². The number of halogens is 1. The number of anilines is 1. The van der Waals surface area contributed by atoms with Crippen LogP contribution in [-0.2, 0) is 14.4 Å². The lowest BCUT2D eigenvalue weighted by Gasteiger charge is -2.23.